The van der Waals surface area contributed by atoms with Crippen molar-refractivity contribution in [3.8, 4) is 5.75 Å². The van der Waals surface area contributed by atoms with E-state index in [4.69, 9.17) is 9.47 Å². The molecule has 160 valence electrons. The number of hydrogen-bond donors (Lipinski definition) is 2. The summed E-state index contributed by atoms with van der Waals surface area (Å²) < 4.78 is 12.2. The second-order valence-electron chi connectivity index (χ2n) is 6.17. The fraction of sp³-hybridized carbons (Fsp3) is 0.579. The normalized spacial score (nSPS) is 12.0. The molecule has 0 saturated carbocycles. The molecule has 0 aliphatic carbocycles. The van der Waals surface area contributed by atoms with Gasteiger partial charge < -0.3 is 25.0 Å². The highest BCUT2D eigenvalue weighted by molar-refractivity contribution is 14.0. The molecule has 1 atom stereocenters. The first-order valence-corrected chi connectivity index (χ1v) is 9.94. The lowest BCUT2D eigenvalue weighted by molar-refractivity contribution is -0.127. The third-order valence-electron chi connectivity index (χ3n) is 3.56. The van der Waals surface area contributed by atoms with Crippen LogP contribution in [0.1, 0.15) is 20.3 Å². The third-order valence-corrected chi connectivity index (χ3v) is 4.21. The highest BCUT2D eigenvalue weighted by atomic mass is 127. The molecule has 1 aromatic rings. The van der Waals surface area contributed by atoms with E-state index in [0.29, 0.717) is 32.3 Å². The molecule has 0 heterocycles. The maximum absolute atomic E-state index is 11.8. The average molecular weight is 571 g/mol. The minimum Gasteiger partial charge on any atom is -0.488 e. The number of para-hydroxylation sites is 1. The summed E-state index contributed by atoms with van der Waals surface area (Å²) in [5.74, 6) is 1.32. The molecule has 7 nitrogen and oxygen atoms in total. The quantitative estimate of drug-likeness (QED) is 0.185. The summed E-state index contributed by atoms with van der Waals surface area (Å²) >= 11 is 3.48. The Labute approximate surface area is 193 Å². The molecular weight excluding hydrogens is 539 g/mol. The first-order chi connectivity index (χ1) is 12.9. The van der Waals surface area contributed by atoms with Gasteiger partial charge in [-0.2, -0.15) is 0 Å². The summed E-state index contributed by atoms with van der Waals surface area (Å²) in [7, 11) is 3.43. The van der Waals surface area contributed by atoms with Crippen LogP contribution in [0.2, 0.25) is 0 Å². The number of guanidine groups is 1. The Hall–Kier alpha value is -1.07. The Morgan fingerprint density at radius 3 is 2.64 bits per heavy atom. The SMILES string of the molecule is CCOCCCNC(=NCC(=O)N(C)C)NCC(C)Oc1ccccc1Br.I. The Balaban J connectivity index is 0.00000729. The molecule has 0 saturated heterocycles. The van der Waals surface area contributed by atoms with Crippen molar-refractivity contribution in [3.63, 3.8) is 0 Å². The standard InChI is InChI=1S/C19H31BrN4O3.HI/c1-5-26-12-8-11-21-19(23-14-18(25)24(3)4)22-13-15(2)27-17-10-7-6-9-16(17)20;/h6-7,9-10,15H,5,8,11-14H2,1-4H3,(H2,21,22,23);1H. The predicted octanol–water partition coefficient (Wildman–Crippen LogP) is 2.88. The molecule has 0 bridgehead atoms. The van der Waals surface area contributed by atoms with Gasteiger partial charge in [0.15, 0.2) is 5.96 Å². The van der Waals surface area contributed by atoms with E-state index >= 15 is 0 Å². The molecule has 1 amide bonds. The van der Waals surface area contributed by atoms with Crippen molar-refractivity contribution >= 4 is 51.8 Å². The average Bonchev–Trinajstić information content (AvgIpc) is 2.64. The van der Waals surface area contributed by atoms with E-state index < -0.39 is 0 Å². The van der Waals surface area contributed by atoms with Crippen LogP contribution >= 0.6 is 39.9 Å². The van der Waals surface area contributed by atoms with Crippen molar-refractivity contribution in [2.45, 2.75) is 26.4 Å². The molecule has 1 rings (SSSR count). The Bertz CT molecular complexity index is 602. The number of nitrogens with zero attached hydrogens (tertiary/aromatic N) is 2. The molecule has 0 radical (unpaired) electrons. The molecule has 0 fully saturated rings. The number of hydrogen-bond acceptors (Lipinski definition) is 4. The summed E-state index contributed by atoms with van der Waals surface area (Å²) in [6.45, 7) is 6.70. The molecule has 28 heavy (non-hydrogen) atoms. The first kappa shape index (κ1) is 26.9. The monoisotopic (exact) mass is 570 g/mol. The second kappa shape index (κ2) is 15.8. The molecule has 0 aromatic heterocycles. The Morgan fingerprint density at radius 1 is 1.29 bits per heavy atom. The van der Waals surface area contributed by atoms with Gasteiger partial charge in [-0.15, -0.1) is 24.0 Å². The lowest BCUT2D eigenvalue weighted by Crippen LogP contribution is -2.43. The number of nitrogens with one attached hydrogen (secondary N) is 2. The zero-order valence-corrected chi connectivity index (χ0v) is 21.0. The van der Waals surface area contributed by atoms with E-state index in [0.717, 1.165) is 16.6 Å². The van der Waals surface area contributed by atoms with Crippen molar-refractivity contribution in [2.24, 2.45) is 4.99 Å². The number of carbonyl (C=O) groups excluding carboxylic acids is 1. The number of likely N-dealkylation sites (N-methyl/N-ethyl adjacent to an activating group) is 1. The molecule has 2 N–H and O–H groups in total. The van der Waals surface area contributed by atoms with Gasteiger partial charge in [-0.1, -0.05) is 12.1 Å². The maximum atomic E-state index is 11.8. The number of carbonyl (C=O) groups is 1. The van der Waals surface area contributed by atoms with Crippen LogP contribution in [0.25, 0.3) is 0 Å². The van der Waals surface area contributed by atoms with Gasteiger partial charge in [0.2, 0.25) is 5.91 Å². The van der Waals surface area contributed by atoms with Gasteiger partial charge >= 0.3 is 0 Å². The molecule has 1 unspecified atom stereocenters. The van der Waals surface area contributed by atoms with Gasteiger partial charge in [-0.25, -0.2) is 4.99 Å². The first-order valence-electron chi connectivity index (χ1n) is 9.15. The Kier molecular flexibility index (Phi) is 15.2. The fourth-order valence-corrected chi connectivity index (χ4v) is 2.41. The highest BCUT2D eigenvalue weighted by Crippen LogP contribution is 2.24. The number of ether oxygens (including phenoxy) is 2. The predicted molar refractivity (Wildman–Crippen MR) is 128 cm³/mol. The molecule has 0 aliphatic heterocycles. The molecule has 0 aliphatic rings. The van der Waals surface area contributed by atoms with Crippen LogP contribution in [-0.2, 0) is 9.53 Å². The third kappa shape index (κ3) is 11.7. The van der Waals surface area contributed by atoms with Crippen LogP contribution < -0.4 is 15.4 Å². The van der Waals surface area contributed by atoms with Gasteiger partial charge in [0.25, 0.3) is 0 Å². The maximum Gasteiger partial charge on any atom is 0.243 e. The van der Waals surface area contributed by atoms with Crippen molar-refractivity contribution in [1.82, 2.24) is 15.5 Å². The Morgan fingerprint density at radius 2 is 2.00 bits per heavy atom. The minimum absolute atomic E-state index is 0. The van der Waals surface area contributed by atoms with Gasteiger partial charge in [0, 0.05) is 33.9 Å². The van der Waals surface area contributed by atoms with Crippen LogP contribution in [0.15, 0.2) is 33.7 Å². The highest BCUT2D eigenvalue weighted by Gasteiger charge is 2.09. The molecule has 9 heteroatoms. The van der Waals surface area contributed by atoms with Crippen molar-refractivity contribution in [1.29, 1.82) is 0 Å². The largest absolute Gasteiger partial charge is 0.488 e. The zero-order chi connectivity index (χ0) is 20.1. The lowest BCUT2D eigenvalue weighted by Gasteiger charge is -2.19. The number of rotatable bonds is 11. The summed E-state index contributed by atoms with van der Waals surface area (Å²) in [5.41, 5.74) is 0. The van der Waals surface area contributed by atoms with E-state index in [1.807, 2.05) is 38.1 Å². The topological polar surface area (TPSA) is 75.2 Å². The van der Waals surface area contributed by atoms with Gasteiger partial charge in [0.1, 0.15) is 18.4 Å². The number of benzene rings is 1. The smallest absolute Gasteiger partial charge is 0.243 e. The van der Waals surface area contributed by atoms with E-state index in [1.54, 1.807) is 14.1 Å². The van der Waals surface area contributed by atoms with Crippen LogP contribution in [-0.4, -0.2) is 69.8 Å². The molecular formula is C19H32BrIN4O3. The van der Waals surface area contributed by atoms with Crippen LogP contribution in [0.4, 0.5) is 0 Å². The summed E-state index contributed by atoms with van der Waals surface area (Å²) in [6.07, 6.45) is 0.780. The van der Waals surface area contributed by atoms with Gasteiger partial charge in [-0.05, 0) is 48.3 Å². The second-order valence-corrected chi connectivity index (χ2v) is 7.02. The zero-order valence-electron chi connectivity index (χ0n) is 17.0. The van der Waals surface area contributed by atoms with Crippen molar-refractivity contribution in [3.05, 3.63) is 28.7 Å². The van der Waals surface area contributed by atoms with E-state index in [-0.39, 0.29) is 42.5 Å². The van der Waals surface area contributed by atoms with Crippen LogP contribution in [0, 0.1) is 0 Å². The lowest BCUT2D eigenvalue weighted by atomic mass is 10.3. The number of halogens is 2. The summed E-state index contributed by atoms with van der Waals surface area (Å²) in [5, 5.41) is 6.46. The number of aliphatic imine (C=N–C) groups is 1. The summed E-state index contributed by atoms with van der Waals surface area (Å²) in [6, 6.07) is 7.73. The van der Waals surface area contributed by atoms with Gasteiger partial charge in [-0.3, -0.25) is 4.79 Å². The van der Waals surface area contributed by atoms with Crippen LogP contribution in [0.5, 0.6) is 5.75 Å². The van der Waals surface area contributed by atoms with E-state index in [2.05, 4.69) is 31.6 Å². The van der Waals surface area contributed by atoms with Gasteiger partial charge in [0.05, 0.1) is 11.0 Å². The minimum atomic E-state index is -0.0799. The fourth-order valence-electron chi connectivity index (χ4n) is 2.03. The van der Waals surface area contributed by atoms with Crippen molar-refractivity contribution in [2.75, 3.05) is 46.9 Å². The molecule has 1 aromatic carbocycles. The van der Waals surface area contributed by atoms with E-state index in [9.17, 15) is 4.79 Å². The number of amides is 1. The summed E-state index contributed by atoms with van der Waals surface area (Å²) in [4.78, 5) is 17.7. The van der Waals surface area contributed by atoms with E-state index in [1.165, 1.54) is 4.90 Å². The molecule has 0 spiro atoms. The van der Waals surface area contributed by atoms with Crippen molar-refractivity contribution < 1.29 is 14.3 Å². The van der Waals surface area contributed by atoms with Crippen LogP contribution in [0.3, 0.4) is 0 Å².